The van der Waals surface area contributed by atoms with E-state index in [9.17, 15) is 4.79 Å². The molecule has 2 aromatic heterocycles. The molecule has 3 N–H and O–H groups in total. The van der Waals surface area contributed by atoms with Gasteiger partial charge in [0.15, 0.2) is 11.7 Å². The van der Waals surface area contributed by atoms with Crippen LogP contribution >= 0.6 is 0 Å². The van der Waals surface area contributed by atoms with Gasteiger partial charge in [0.05, 0.1) is 16.7 Å². The third-order valence-corrected chi connectivity index (χ3v) is 6.90. The second-order valence-electron chi connectivity index (χ2n) is 9.39. The average molecular weight is 462 g/mol. The summed E-state index contributed by atoms with van der Waals surface area (Å²) in [5.74, 6) is -0.0324. The first-order chi connectivity index (χ1) is 16.4. The lowest BCUT2D eigenvalue weighted by Crippen LogP contribution is -2.44. The number of nitrogens with two attached hydrogens (primary N) is 1. The number of aryl methyl sites for hydroxylation is 1. The van der Waals surface area contributed by atoms with Gasteiger partial charge in [0.25, 0.3) is 5.56 Å². The van der Waals surface area contributed by atoms with Crippen LogP contribution in [0.25, 0.3) is 11.0 Å². The number of hydrogen-bond donors (Lipinski definition) is 2. The lowest BCUT2D eigenvalue weighted by atomic mass is 9.97. The van der Waals surface area contributed by atoms with E-state index in [-0.39, 0.29) is 23.6 Å². The first-order valence-corrected chi connectivity index (χ1v) is 12.3. The highest BCUT2D eigenvalue weighted by atomic mass is 16.1. The number of piperidine rings is 1. The summed E-state index contributed by atoms with van der Waals surface area (Å²) in [6, 6.07) is 10.9. The Morgan fingerprint density at radius 1 is 1.06 bits per heavy atom. The lowest BCUT2D eigenvalue weighted by Gasteiger charge is -2.39. The first-order valence-electron chi connectivity index (χ1n) is 12.3. The summed E-state index contributed by atoms with van der Waals surface area (Å²) >= 11 is 0. The minimum Gasteiger partial charge on any atom is -0.381 e. The van der Waals surface area contributed by atoms with E-state index < -0.39 is 0 Å². The Morgan fingerprint density at radius 2 is 1.79 bits per heavy atom. The third-order valence-electron chi connectivity index (χ3n) is 6.90. The van der Waals surface area contributed by atoms with Gasteiger partial charge in [0.2, 0.25) is 0 Å². The topological polar surface area (TPSA) is 114 Å². The van der Waals surface area contributed by atoms with E-state index in [1.54, 1.807) is 12.3 Å². The molecule has 0 aliphatic carbocycles. The summed E-state index contributed by atoms with van der Waals surface area (Å²) in [4.78, 5) is 29.0. The molecule has 8 nitrogen and oxygen atoms in total. The molecule has 3 aromatic rings. The summed E-state index contributed by atoms with van der Waals surface area (Å²) in [5.41, 5.74) is 8.17. The molecule has 180 valence electrons. The Labute approximate surface area is 200 Å². The van der Waals surface area contributed by atoms with Crippen molar-refractivity contribution in [2.24, 2.45) is 5.73 Å². The van der Waals surface area contributed by atoms with Crippen LogP contribution in [0, 0.1) is 5.41 Å². The van der Waals surface area contributed by atoms with Crippen LogP contribution in [0.1, 0.15) is 69.6 Å². The Kier molecular flexibility index (Phi) is 7.67. The molecule has 0 spiro atoms. The molecule has 1 aromatic carbocycles. The number of para-hydroxylation sites is 2. The molecule has 3 heterocycles. The SMILES string of the molecule is C[C@@H]1CCC[C@H](C)N1CCCCCn1c(=O)c(Cc2ccnc(C(=N)N)n2)nc2ccccc21. The van der Waals surface area contributed by atoms with Gasteiger partial charge in [0.1, 0.15) is 5.69 Å². The number of unbranched alkanes of at least 4 members (excludes halogenated alkanes) is 2. The molecule has 0 bridgehead atoms. The van der Waals surface area contributed by atoms with Crippen LogP contribution in [-0.2, 0) is 13.0 Å². The predicted octanol–water partition coefficient (Wildman–Crippen LogP) is 3.49. The smallest absolute Gasteiger partial charge is 0.273 e. The second-order valence-corrected chi connectivity index (χ2v) is 9.39. The Hall–Kier alpha value is -3.13. The zero-order valence-electron chi connectivity index (χ0n) is 20.2. The van der Waals surface area contributed by atoms with Crippen molar-refractivity contribution in [1.29, 1.82) is 5.41 Å². The monoisotopic (exact) mass is 461 g/mol. The number of benzene rings is 1. The van der Waals surface area contributed by atoms with Crippen molar-refractivity contribution in [1.82, 2.24) is 24.4 Å². The van der Waals surface area contributed by atoms with E-state index in [4.69, 9.17) is 11.1 Å². The standard InChI is InChI=1S/C26H35N7O/c1-18-9-8-10-19(2)32(18)15-6-3-7-16-33-23-12-5-4-11-21(23)31-22(26(33)34)17-20-13-14-29-25(30-20)24(27)28/h4-5,11-14,18-19H,3,6-10,15-17H2,1-2H3,(H3,27,28)/t18-,19+. The van der Waals surface area contributed by atoms with Gasteiger partial charge >= 0.3 is 0 Å². The highest BCUT2D eigenvalue weighted by Crippen LogP contribution is 2.23. The van der Waals surface area contributed by atoms with Crippen LogP contribution in [-0.4, -0.2) is 48.9 Å². The van der Waals surface area contributed by atoms with Crippen molar-refractivity contribution in [3.63, 3.8) is 0 Å². The summed E-state index contributed by atoms with van der Waals surface area (Å²) < 4.78 is 1.86. The fourth-order valence-electron chi connectivity index (χ4n) is 5.03. The van der Waals surface area contributed by atoms with E-state index in [1.807, 2.05) is 28.8 Å². The molecule has 1 aliphatic rings. The van der Waals surface area contributed by atoms with Crippen LogP contribution in [0.15, 0.2) is 41.3 Å². The summed E-state index contributed by atoms with van der Waals surface area (Å²) in [7, 11) is 0. The molecule has 0 radical (unpaired) electrons. The molecule has 1 saturated heterocycles. The molecule has 1 aliphatic heterocycles. The fraction of sp³-hybridized carbons (Fsp3) is 0.500. The van der Waals surface area contributed by atoms with Crippen molar-refractivity contribution in [3.05, 3.63) is 64.1 Å². The molecule has 0 amide bonds. The van der Waals surface area contributed by atoms with Crippen molar-refractivity contribution >= 4 is 16.9 Å². The summed E-state index contributed by atoms with van der Waals surface area (Å²) in [6.07, 6.45) is 8.95. The molecule has 8 heteroatoms. The van der Waals surface area contributed by atoms with Crippen LogP contribution in [0.3, 0.4) is 0 Å². The number of rotatable bonds is 9. The zero-order chi connectivity index (χ0) is 24.1. The van der Waals surface area contributed by atoms with Gasteiger partial charge in [-0.25, -0.2) is 15.0 Å². The Bertz CT molecular complexity index is 1200. The third kappa shape index (κ3) is 5.50. The number of nitrogens with one attached hydrogen (secondary N) is 1. The molecule has 0 unspecified atom stereocenters. The maximum absolute atomic E-state index is 13.4. The fourth-order valence-corrected chi connectivity index (χ4v) is 5.03. The largest absolute Gasteiger partial charge is 0.381 e. The second kappa shape index (κ2) is 10.9. The van der Waals surface area contributed by atoms with Gasteiger partial charge in [-0.15, -0.1) is 0 Å². The van der Waals surface area contributed by atoms with Gasteiger partial charge in [0, 0.05) is 31.2 Å². The number of nitrogens with zero attached hydrogens (tertiary/aromatic N) is 5. The lowest BCUT2D eigenvalue weighted by molar-refractivity contribution is 0.101. The molecule has 1 fully saturated rings. The molecule has 0 saturated carbocycles. The zero-order valence-corrected chi connectivity index (χ0v) is 20.2. The molecule has 2 atom stereocenters. The van der Waals surface area contributed by atoms with Crippen molar-refractivity contribution in [3.8, 4) is 0 Å². The van der Waals surface area contributed by atoms with E-state index in [0.29, 0.717) is 30.0 Å². The quantitative estimate of drug-likeness (QED) is 0.286. The average Bonchev–Trinajstić information content (AvgIpc) is 2.82. The summed E-state index contributed by atoms with van der Waals surface area (Å²) in [6.45, 7) is 6.49. The maximum atomic E-state index is 13.4. The number of likely N-dealkylation sites (tertiary alicyclic amines) is 1. The van der Waals surface area contributed by atoms with E-state index in [0.717, 1.165) is 36.8 Å². The highest BCUT2D eigenvalue weighted by molar-refractivity contribution is 5.91. The molecule has 34 heavy (non-hydrogen) atoms. The van der Waals surface area contributed by atoms with Crippen molar-refractivity contribution in [2.45, 2.75) is 77.4 Å². The number of amidine groups is 1. The maximum Gasteiger partial charge on any atom is 0.273 e. The molecular weight excluding hydrogens is 426 g/mol. The Morgan fingerprint density at radius 3 is 2.56 bits per heavy atom. The van der Waals surface area contributed by atoms with Gasteiger partial charge in [-0.3, -0.25) is 15.1 Å². The van der Waals surface area contributed by atoms with E-state index in [1.165, 1.54) is 19.3 Å². The van der Waals surface area contributed by atoms with Crippen molar-refractivity contribution in [2.75, 3.05) is 6.54 Å². The summed E-state index contributed by atoms with van der Waals surface area (Å²) in [5, 5.41) is 7.56. The minimum atomic E-state index is -0.195. The van der Waals surface area contributed by atoms with Crippen LogP contribution in [0.4, 0.5) is 0 Å². The number of aromatic nitrogens is 4. The van der Waals surface area contributed by atoms with Gasteiger partial charge in [-0.2, -0.15) is 0 Å². The Balaban J connectivity index is 1.47. The minimum absolute atomic E-state index is 0.0834. The van der Waals surface area contributed by atoms with Crippen molar-refractivity contribution < 1.29 is 0 Å². The molecular formula is C26H35N7O. The number of nitrogen functional groups attached to an aromatic ring is 1. The van der Waals surface area contributed by atoms with Gasteiger partial charge in [-0.1, -0.05) is 25.0 Å². The van der Waals surface area contributed by atoms with Crippen LogP contribution < -0.4 is 11.3 Å². The normalized spacial score (nSPS) is 18.9. The van der Waals surface area contributed by atoms with E-state index >= 15 is 0 Å². The predicted molar refractivity (Wildman–Crippen MR) is 135 cm³/mol. The highest BCUT2D eigenvalue weighted by Gasteiger charge is 2.23. The van der Waals surface area contributed by atoms with Crippen LogP contribution in [0.5, 0.6) is 0 Å². The van der Waals surface area contributed by atoms with E-state index in [2.05, 4.69) is 33.7 Å². The van der Waals surface area contributed by atoms with Crippen LogP contribution in [0.2, 0.25) is 0 Å². The van der Waals surface area contributed by atoms with Gasteiger partial charge in [-0.05, 0) is 64.3 Å². The number of hydrogen-bond acceptors (Lipinski definition) is 6. The first kappa shape index (κ1) is 24.0. The van der Waals surface area contributed by atoms with Gasteiger partial charge < -0.3 is 10.3 Å². The number of fused-ring (bicyclic) bond motifs is 1. The molecule has 4 rings (SSSR count).